The number of rotatable bonds is 5. The van der Waals surface area contributed by atoms with Gasteiger partial charge in [-0.2, -0.15) is 0 Å². The number of nitrogens with one attached hydrogen (secondary N) is 1. The summed E-state index contributed by atoms with van der Waals surface area (Å²) in [6.07, 6.45) is 4.38. The number of anilines is 1. The number of hydrogen-bond donors (Lipinski definition) is 1. The number of hydrogen-bond acceptors (Lipinski definition) is 3. The SMILES string of the molecule is CCCN(CC(=O)N1c2ccccc2CC1C)C1CCNCC1. The summed E-state index contributed by atoms with van der Waals surface area (Å²) < 4.78 is 0. The summed E-state index contributed by atoms with van der Waals surface area (Å²) in [6.45, 7) is 8.07. The summed E-state index contributed by atoms with van der Waals surface area (Å²) in [7, 11) is 0. The van der Waals surface area contributed by atoms with Gasteiger partial charge in [0.05, 0.1) is 6.54 Å². The van der Waals surface area contributed by atoms with Crippen molar-refractivity contribution in [2.24, 2.45) is 0 Å². The van der Waals surface area contributed by atoms with Crippen LogP contribution in [0.3, 0.4) is 0 Å². The zero-order valence-corrected chi connectivity index (χ0v) is 14.4. The quantitative estimate of drug-likeness (QED) is 0.906. The van der Waals surface area contributed by atoms with Crippen LogP contribution in [0.5, 0.6) is 0 Å². The monoisotopic (exact) mass is 315 g/mol. The molecule has 1 atom stereocenters. The second-order valence-corrected chi connectivity index (χ2v) is 6.90. The van der Waals surface area contributed by atoms with Crippen molar-refractivity contribution in [2.45, 2.75) is 51.6 Å². The zero-order valence-electron chi connectivity index (χ0n) is 14.4. The molecule has 4 heteroatoms. The van der Waals surface area contributed by atoms with E-state index in [1.54, 1.807) is 0 Å². The Kier molecular flexibility index (Phi) is 5.34. The summed E-state index contributed by atoms with van der Waals surface area (Å²) in [4.78, 5) is 17.5. The Hall–Kier alpha value is -1.39. The summed E-state index contributed by atoms with van der Waals surface area (Å²) in [5, 5.41) is 3.42. The molecule has 0 radical (unpaired) electrons. The van der Waals surface area contributed by atoms with Crippen molar-refractivity contribution in [3.8, 4) is 0 Å². The fourth-order valence-electron chi connectivity index (χ4n) is 4.05. The molecule has 0 aliphatic carbocycles. The molecule has 1 aromatic carbocycles. The van der Waals surface area contributed by atoms with Crippen LogP contribution >= 0.6 is 0 Å². The van der Waals surface area contributed by atoms with E-state index in [1.165, 1.54) is 5.56 Å². The van der Waals surface area contributed by atoms with Crippen LogP contribution in [-0.2, 0) is 11.2 Å². The smallest absolute Gasteiger partial charge is 0.241 e. The van der Waals surface area contributed by atoms with E-state index in [0.29, 0.717) is 12.6 Å². The predicted octanol–water partition coefficient (Wildman–Crippen LogP) is 2.43. The van der Waals surface area contributed by atoms with Crippen molar-refractivity contribution in [1.29, 1.82) is 0 Å². The van der Waals surface area contributed by atoms with E-state index < -0.39 is 0 Å². The molecule has 4 nitrogen and oxygen atoms in total. The molecule has 1 fully saturated rings. The lowest BCUT2D eigenvalue weighted by molar-refractivity contribution is -0.120. The van der Waals surface area contributed by atoms with E-state index in [9.17, 15) is 4.79 Å². The third kappa shape index (κ3) is 3.59. The maximum atomic E-state index is 13.0. The Morgan fingerprint density at radius 1 is 1.30 bits per heavy atom. The van der Waals surface area contributed by atoms with Crippen LogP contribution in [0.2, 0.25) is 0 Å². The molecule has 0 spiro atoms. The largest absolute Gasteiger partial charge is 0.317 e. The highest BCUT2D eigenvalue weighted by molar-refractivity contribution is 5.97. The molecule has 1 aromatic rings. The first kappa shape index (κ1) is 16.5. The molecule has 126 valence electrons. The van der Waals surface area contributed by atoms with Crippen LogP contribution in [0.15, 0.2) is 24.3 Å². The average molecular weight is 315 g/mol. The molecule has 0 saturated carbocycles. The lowest BCUT2D eigenvalue weighted by atomic mass is 10.0. The Bertz CT molecular complexity index is 539. The minimum absolute atomic E-state index is 0.259. The maximum Gasteiger partial charge on any atom is 0.241 e. The van der Waals surface area contributed by atoms with E-state index in [2.05, 4.69) is 42.3 Å². The Balaban J connectivity index is 1.71. The number of benzene rings is 1. The minimum atomic E-state index is 0.259. The molecule has 1 N–H and O–H groups in total. The van der Waals surface area contributed by atoms with Crippen LogP contribution in [0.4, 0.5) is 5.69 Å². The van der Waals surface area contributed by atoms with Gasteiger partial charge >= 0.3 is 0 Å². The molecule has 2 heterocycles. The van der Waals surface area contributed by atoms with Gasteiger partial charge in [-0.25, -0.2) is 0 Å². The third-order valence-electron chi connectivity index (χ3n) is 5.15. The fourth-order valence-corrected chi connectivity index (χ4v) is 4.05. The number of nitrogens with zero attached hydrogens (tertiary/aromatic N) is 2. The van der Waals surface area contributed by atoms with Gasteiger partial charge in [-0.05, 0) is 63.9 Å². The fraction of sp³-hybridized carbons (Fsp3) is 0.632. The molecule has 3 rings (SSSR count). The Morgan fingerprint density at radius 2 is 2.04 bits per heavy atom. The summed E-state index contributed by atoms with van der Waals surface area (Å²) in [6, 6.07) is 9.16. The van der Waals surface area contributed by atoms with Crippen LogP contribution in [0, 0.1) is 0 Å². The standard InChI is InChI=1S/C19H29N3O/c1-3-12-21(17-8-10-20-11-9-17)14-19(23)22-15(2)13-16-6-4-5-7-18(16)22/h4-7,15,17,20H,3,8-14H2,1-2H3. The van der Waals surface area contributed by atoms with E-state index in [4.69, 9.17) is 0 Å². The van der Waals surface area contributed by atoms with Gasteiger partial charge in [-0.3, -0.25) is 9.69 Å². The number of para-hydroxylation sites is 1. The van der Waals surface area contributed by atoms with Crippen LogP contribution in [0.1, 0.15) is 38.7 Å². The maximum absolute atomic E-state index is 13.0. The third-order valence-corrected chi connectivity index (χ3v) is 5.15. The normalized spacial score (nSPS) is 21.7. The van der Waals surface area contributed by atoms with Crippen molar-refractivity contribution >= 4 is 11.6 Å². The number of amides is 1. The second-order valence-electron chi connectivity index (χ2n) is 6.90. The summed E-state index contributed by atoms with van der Waals surface area (Å²) in [5.74, 6) is 0.259. The number of carbonyl (C=O) groups is 1. The lowest BCUT2D eigenvalue weighted by Gasteiger charge is -2.35. The van der Waals surface area contributed by atoms with Gasteiger partial charge in [-0.15, -0.1) is 0 Å². The van der Waals surface area contributed by atoms with Crippen molar-refractivity contribution in [3.05, 3.63) is 29.8 Å². The topological polar surface area (TPSA) is 35.6 Å². The lowest BCUT2D eigenvalue weighted by Crippen LogP contribution is -2.49. The zero-order chi connectivity index (χ0) is 16.2. The second kappa shape index (κ2) is 7.45. The molecule has 2 aliphatic rings. The van der Waals surface area contributed by atoms with Gasteiger partial charge in [-0.1, -0.05) is 25.1 Å². The van der Waals surface area contributed by atoms with E-state index >= 15 is 0 Å². The first-order chi connectivity index (χ1) is 11.2. The Labute approximate surface area is 139 Å². The van der Waals surface area contributed by atoms with E-state index in [0.717, 1.165) is 51.0 Å². The van der Waals surface area contributed by atoms with Gasteiger partial charge in [0.1, 0.15) is 0 Å². The number of carbonyl (C=O) groups excluding carboxylic acids is 1. The minimum Gasteiger partial charge on any atom is -0.317 e. The molecule has 0 bridgehead atoms. The Morgan fingerprint density at radius 3 is 2.78 bits per heavy atom. The van der Waals surface area contributed by atoms with Crippen molar-refractivity contribution in [2.75, 3.05) is 31.1 Å². The molecule has 0 aromatic heterocycles. The number of fused-ring (bicyclic) bond motifs is 1. The van der Waals surface area contributed by atoms with Gasteiger partial charge in [0.25, 0.3) is 0 Å². The summed E-state index contributed by atoms with van der Waals surface area (Å²) >= 11 is 0. The molecule has 1 unspecified atom stereocenters. The van der Waals surface area contributed by atoms with E-state index in [-0.39, 0.29) is 11.9 Å². The van der Waals surface area contributed by atoms with Gasteiger partial charge < -0.3 is 10.2 Å². The molecule has 2 aliphatic heterocycles. The van der Waals surface area contributed by atoms with Crippen molar-refractivity contribution < 1.29 is 4.79 Å². The van der Waals surface area contributed by atoms with Crippen LogP contribution in [-0.4, -0.2) is 49.1 Å². The van der Waals surface area contributed by atoms with Gasteiger partial charge in [0, 0.05) is 17.8 Å². The molecular formula is C19H29N3O. The molecule has 23 heavy (non-hydrogen) atoms. The van der Waals surface area contributed by atoms with E-state index in [1.807, 2.05) is 11.0 Å². The molecule has 1 amide bonds. The number of piperidine rings is 1. The highest BCUT2D eigenvalue weighted by Crippen LogP contribution is 2.32. The van der Waals surface area contributed by atoms with Crippen molar-refractivity contribution in [1.82, 2.24) is 10.2 Å². The van der Waals surface area contributed by atoms with Gasteiger partial charge in [0.15, 0.2) is 0 Å². The average Bonchev–Trinajstić information content (AvgIpc) is 2.91. The predicted molar refractivity (Wildman–Crippen MR) is 94.8 cm³/mol. The van der Waals surface area contributed by atoms with Crippen LogP contribution in [0.25, 0.3) is 0 Å². The molecule has 1 saturated heterocycles. The first-order valence-electron chi connectivity index (χ1n) is 9.05. The summed E-state index contributed by atoms with van der Waals surface area (Å²) in [5.41, 5.74) is 2.42. The highest BCUT2D eigenvalue weighted by atomic mass is 16.2. The highest BCUT2D eigenvalue weighted by Gasteiger charge is 2.32. The van der Waals surface area contributed by atoms with Crippen molar-refractivity contribution in [3.63, 3.8) is 0 Å². The first-order valence-corrected chi connectivity index (χ1v) is 9.05. The molecular weight excluding hydrogens is 286 g/mol. The van der Waals surface area contributed by atoms with Gasteiger partial charge in [0.2, 0.25) is 5.91 Å². The van der Waals surface area contributed by atoms with Crippen LogP contribution < -0.4 is 10.2 Å².